The van der Waals surface area contributed by atoms with E-state index in [4.69, 9.17) is 16.3 Å². The number of rotatable bonds is 6. The summed E-state index contributed by atoms with van der Waals surface area (Å²) in [6, 6.07) is 14.3. The molecule has 2 N–H and O–H groups in total. The molecule has 3 aromatic rings. The van der Waals surface area contributed by atoms with Gasteiger partial charge in [0.2, 0.25) is 0 Å². The number of nitrogens with one attached hydrogen (secondary N) is 2. The van der Waals surface area contributed by atoms with E-state index in [-0.39, 0.29) is 0 Å². The Bertz CT molecular complexity index is 1020. The molecule has 0 radical (unpaired) electrons. The number of halogens is 1. The second-order valence-electron chi connectivity index (χ2n) is 6.23. The summed E-state index contributed by atoms with van der Waals surface area (Å²) in [4.78, 5) is 29.8. The molecule has 150 valence electrons. The number of ether oxygens (including phenoxy) is 1. The van der Waals surface area contributed by atoms with E-state index in [1.165, 1.54) is 7.11 Å². The fourth-order valence-corrected chi connectivity index (χ4v) is 3.83. The monoisotopic (exact) mass is 429 g/mol. The molecule has 2 aromatic carbocycles. The topological polar surface area (TPSA) is 80.3 Å². The third kappa shape index (κ3) is 5.56. The summed E-state index contributed by atoms with van der Waals surface area (Å²) in [6.07, 6.45) is 0.593. The molecule has 0 bridgehead atoms. The summed E-state index contributed by atoms with van der Waals surface area (Å²) in [7, 11) is 1.54. The summed E-state index contributed by atoms with van der Waals surface area (Å²) in [5.74, 6) is -0.811. The van der Waals surface area contributed by atoms with Gasteiger partial charge in [-0.2, -0.15) is 0 Å². The number of carbonyl (C=O) groups excluding carboxylic acids is 2. The minimum atomic E-state index is -0.721. The molecule has 0 aliphatic carbocycles. The summed E-state index contributed by atoms with van der Waals surface area (Å²) in [6.45, 7) is 2.27. The Labute approximate surface area is 177 Å². The van der Waals surface area contributed by atoms with Gasteiger partial charge in [-0.1, -0.05) is 29.8 Å². The highest BCUT2D eigenvalue weighted by molar-refractivity contribution is 7.15. The highest BCUT2D eigenvalue weighted by atomic mass is 35.5. The molecule has 1 heterocycles. The van der Waals surface area contributed by atoms with Crippen LogP contribution in [0, 0.1) is 6.92 Å². The van der Waals surface area contributed by atoms with Gasteiger partial charge in [-0.3, -0.25) is 9.59 Å². The molecule has 8 heteroatoms. The van der Waals surface area contributed by atoms with Crippen molar-refractivity contribution in [3.63, 3.8) is 0 Å². The second-order valence-corrected chi connectivity index (χ2v) is 7.75. The van der Waals surface area contributed by atoms with Gasteiger partial charge in [0.15, 0.2) is 0 Å². The number of anilines is 1. The van der Waals surface area contributed by atoms with Gasteiger partial charge >= 0.3 is 11.8 Å². The number of thiazole rings is 1. The molecule has 0 aliphatic rings. The highest BCUT2D eigenvalue weighted by Gasteiger charge is 2.15. The van der Waals surface area contributed by atoms with E-state index in [2.05, 4.69) is 15.6 Å². The van der Waals surface area contributed by atoms with E-state index in [1.807, 2.05) is 31.2 Å². The quantitative estimate of drug-likeness (QED) is 0.578. The molecule has 0 saturated heterocycles. The highest BCUT2D eigenvalue weighted by Crippen LogP contribution is 2.29. The molecule has 2 amide bonds. The van der Waals surface area contributed by atoms with Crippen molar-refractivity contribution >= 4 is 40.4 Å². The van der Waals surface area contributed by atoms with Crippen LogP contribution in [0.25, 0.3) is 10.6 Å². The average molecular weight is 430 g/mol. The van der Waals surface area contributed by atoms with Gasteiger partial charge in [0, 0.05) is 40.2 Å². The van der Waals surface area contributed by atoms with Crippen molar-refractivity contribution in [2.24, 2.45) is 0 Å². The van der Waals surface area contributed by atoms with Crippen molar-refractivity contribution in [1.29, 1.82) is 0 Å². The third-order valence-electron chi connectivity index (χ3n) is 4.16. The number of hydrogen-bond donors (Lipinski definition) is 2. The first kappa shape index (κ1) is 20.8. The largest absolute Gasteiger partial charge is 0.497 e. The van der Waals surface area contributed by atoms with Crippen molar-refractivity contribution in [3.8, 4) is 16.3 Å². The second kappa shape index (κ2) is 9.54. The molecular formula is C21H20ClN3O3S. The smallest absolute Gasteiger partial charge is 0.313 e. The number of amides is 2. The van der Waals surface area contributed by atoms with Gasteiger partial charge in [-0.15, -0.1) is 11.3 Å². The van der Waals surface area contributed by atoms with Crippen LogP contribution in [-0.2, 0) is 16.0 Å². The first-order valence-corrected chi connectivity index (χ1v) is 10.1. The molecule has 0 aliphatic heterocycles. The van der Waals surface area contributed by atoms with Gasteiger partial charge in [-0.05, 0) is 31.2 Å². The van der Waals surface area contributed by atoms with Crippen molar-refractivity contribution in [1.82, 2.24) is 10.3 Å². The van der Waals surface area contributed by atoms with Crippen molar-refractivity contribution in [3.05, 3.63) is 64.1 Å². The van der Waals surface area contributed by atoms with Crippen LogP contribution < -0.4 is 15.4 Å². The lowest BCUT2D eigenvalue weighted by Gasteiger charge is -2.07. The van der Waals surface area contributed by atoms with Gasteiger partial charge in [0.25, 0.3) is 0 Å². The number of carbonyl (C=O) groups is 2. The van der Waals surface area contributed by atoms with Gasteiger partial charge in [0.05, 0.1) is 12.8 Å². The number of aromatic nitrogens is 1. The molecule has 29 heavy (non-hydrogen) atoms. The predicted octanol–water partition coefficient (Wildman–Crippen LogP) is 4.08. The number of nitrogens with zero attached hydrogens (tertiary/aromatic N) is 1. The van der Waals surface area contributed by atoms with Gasteiger partial charge < -0.3 is 15.4 Å². The van der Waals surface area contributed by atoms with Crippen LogP contribution in [-0.4, -0.2) is 30.5 Å². The van der Waals surface area contributed by atoms with E-state index in [0.717, 1.165) is 21.1 Å². The number of aryl methyl sites for hydroxylation is 1. The minimum absolute atomic E-state index is 0.341. The van der Waals surface area contributed by atoms with Gasteiger partial charge in [0.1, 0.15) is 10.8 Å². The SMILES string of the molecule is COc1cccc(NC(=O)C(=O)NCCc2sc(-c3ccc(Cl)cc3)nc2C)c1. The van der Waals surface area contributed by atoms with E-state index < -0.39 is 11.8 Å². The fourth-order valence-electron chi connectivity index (χ4n) is 2.63. The lowest BCUT2D eigenvalue weighted by atomic mass is 10.2. The lowest BCUT2D eigenvalue weighted by Crippen LogP contribution is -2.36. The van der Waals surface area contributed by atoms with Crippen molar-refractivity contribution < 1.29 is 14.3 Å². The summed E-state index contributed by atoms with van der Waals surface area (Å²) in [5.41, 5.74) is 2.40. The minimum Gasteiger partial charge on any atom is -0.497 e. The molecule has 1 aromatic heterocycles. The summed E-state index contributed by atoms with van der Waals surface area (Å²) in [5, 5.41) is 6.78. The Balaban J connectivity index is 1.53. The zero-order chi connectivity index (χ0) is 20.8. The zero-order valence-electron chi connectivity index (χ0n) is 16.0. The Morgan fingerprint density at radius 1 is 1.14 bits per heavy atom. The summed E-state index contributed by atoms with van der Waals surface area (Å²) < 4.78 is 5.10. The van der Waals surface area contributed by atoms with E-state index in [9.17, 15) is 9.59 Å². The Morgan fingerprint density at radius 3 is 2.62 bits per heavy atom. The van der Waals surface area contributed by atoms with Crippen molar-refractivity contribution in [2.75, 3.05) is 19.0 Å². The third-order valence-corrected chi connectivity index (χ3v) is 5.67. The zero-order valence-corrected chi connectivity index (χ0v) is 17.6. The Morgan fingerprint density at radius 2 is 1.90 bits per heavy atom. The van der Waals surface area contributed by atoms with E-state index in [1.54, 1.807) is 35.6 Å². The molecule has 6 nitrogen and oxygen atoms in total. The molecule has 3 rings (SSSR count). The van der Waals surface area contributed by atoms with Crippen molar-refractivity contribution in [2.45, 2.75) is 13.3 Å². The molecule has 0 saturated carbocycles. The Hall–Kier alpha value is -2.90. The maximum atomic E-state index is 12.1. The molecule has 0 spiro atoms. The van der Waals surface area contributed by atoms with E-state index >= 15 is 0 Å². The molecule has 0 fully saturated rings. The number of methoxy groups -OCH3 is 1. The average Bonchev–Trinajstić information content (AvgIpc) is 3.09. The van der Waals surface area contributed by atoms with Crippen LogP contribution in [0.3, 0.4) is 0 Å². The maximum Gasteiger partial charge on any atom is 0.313 e. The van der Waals surface area contributed by atoms with Crippen LogP contribution in [0.15, 0.2) is 48.5 Å². The molecule has 0 unspecified atom stereocenters. The number of hydrogen-bond acceptors (Lipinski definition) is 5. The molecule has 0 atom stereocenters. The van der Waals surface area contributed by atoms with E-state index in [0.29, 0.717) is 29.4 Å². The standard InChI is InChI=1S/C21H20ClN3O3S/c1-13-18(29-21(24-13)14-6-8-15(22)9-7-14)10-11-23-19(26)20(27)25-16-4-3-5-17(12-16)28-2/h3-9,12H,10-11H2,1-2H3,(H,23,26)(H,25,27). The fraction of sp³-hybridized carbons (Fsp3) is 0.190. The first-order chi connectivity index (χ1) is 14.0. The molecular weight excluding hydrogens is 410 g/mol. The lowest BCUT2D eigenvalue weighted by molar-refractivity contribution is -0.136. The predicted molar refractivity (Wildman–Crippen MR) is 116 cm³/mol. The summed E-state index contributed by atoms with van der Waals surface area (Å²) >= 11 is 7.49. The normalized spacial score (nSPS) is 10.4. The van der Waals surface area contributed by atoms with Crippen LogP contribution in [0.5, 0.6) is 5.75 Å². The number of benzene rings is 2. The Kier molecular flexibility index (Phi) is 6.85. The van der Waals surface area contributed by atoms with Crippen LogP contribution in [0.4, 0.5) is 5.69 Å². The van der Waals surface area contributed by atoms with Gasteiger partial charge in [-0.25, -0.2) is 4.98 Å². The van der Waals surface area contributed by atoms with Crippen LogP contribution >= 0.6 is 22.9 Å². The van der Waals surface area contributed by atoms with Crippen LogP contribution in [0.2, 0.25) is 5.02 Å². The first-order valence-electron chi connectivity index (χ1n) is 8.91. The maximum absolute atomic E-state index is 12.1. The van der Waals surface area contributed by atoms with Crippen LogP contribution in [0.1, 0.15) is 10.6 Å².